The number of hydrogen-bond donors (Lipinski definition) is 3. The predicted octanol–water partition coefficient (Wildman–Crippen LogP) is 2.03. The van der Waals surface area contributed by atoms with Gasteiger partial charge in [0.05, 0.1) is 11.5 Å². The summed E-state index contributed by atoms with van der Waals surface area (Å²) in [7, 11) is 0. The molecule has 1 unspecified atom stereocenters. The Morgan fingerprint density at radius 2 is 1.80 bits per heavy atom. The summed E-state index contributed by atoms with van der Waals surface area (Å²) in [6.07, 6.45) is -0.0140. The summed E-state index contributed by atoms with van der Waals surface area (Å²) in [4.78, 5) is 48.4. The highest BCUT2D eigenvalue weighted by Crippen LogP contribution is 2.16. The van der Waals surface area contributed by atoms with Gasteiger partial charge in [-0.1, -0.05) is 26.0 Å². The van der Waals surface area contributed by atoms with Crippen molar-refractivity contribution >= 4 is 23.8 Å². The van der Waals surface area contributed by atoms with Gasteiger partial charge in [0.1, 0.15) is 0 Å². The van der Waals surface area contributed by atoms with Gasteiger partial charge in [0.15, 0.2) is 0 Å². The van der Waals surface area contributed by atoms with Crippen molar-refractivity contribution in [2.75, 3.05) is 0 Å². The van der Waals surface area contributed by atoms with E-state index in [2.05, 4.69) is 4.84 Å². The molecule has 0 aromatic heterocycles. The summed E-state index contributed by atoms with van der Waals surface area (Å²) in [5.74, 6) is -4.34. The largest absolute Gasteiger partial charge is 0.481 e. The molecule has 0 spiro atoms. The van der Waals surface area contributed by atoms with E-state index in [1.807, 2.05) is 19.3 Å². The van der Waals surface area contributed by atoms with Gasteiger partial charge < -0.3 is 15.1 Å². The van der Waals surface area contributed by atoms with E-state index in [4.69, 9.17) is 5.11 Å². The van der Waals surface area contributed by atoms with E-state index >= 15 is 0 Å². The molecule has 0 heterocycles. The summed E-state index contributed by atoms with van der Waals surface area (Å²) in [6, 6.07) is 5.97. The van der Waals surface area contributed by atoms with E-state index in [-0.39, 0.29) is 24.8 Å². The Morgan fingerprint density at radius 1 is 1.16 bits per heavy atom. The van der Waals surface area contributed by atoms with Gasteiger partial charge in [0.25, 0.3) is 5.91 Å². The molecular formula is C17H23NO7. The smallest absolute Gasteiger partial charge is 0.335 e. The van der Waals surface area contributed by atoms with Crippen LogP contribution in [-0.4, -0.2) is 34.0 Å². The number of hydrogen-bond acceptors (Lipinski definition) is 5. The summed E-state index contributed by atoms with van der Waals surface area (Å²) in [5.41, 5.74) is 2.53. The molecule has 0 radical (unpaired) electrons. The van der Waals surface area contributed by atoms with Gasteiger partial charge in [0, 0.05) is 13.3 Å². The van der Waals surface area contributed by atoms with Crippen LogP contribution < -0.4 is 5.48 Å². The van der Waals surface area contributed by atoms with Crippen molar-refractivity contribution in [3.05, 3.63) is 35.4 Å². The number of carboxylic acids is 2. The zero-order valence-electron chi connectivity index (χ0n) is 14.4. The molecule has 1 aromatic rings. The van der Waals surface area contributed by atoms with Gasteiger partial charge in [-0.15, -0.1) is 0 Å². The molecule has 8 nitrogen and oxygen atoms in total. The van der Waals surface area contributed by atoms with Crippen molar-refractivity contribution in [1.29, 1.82) is 0 Å². The Labute approximate surface area is 145 Å². The summed E-state index contributed by atoms with van der Waals surface area (Å²) < 4.78 is 0. The number of carbonyl (C=O) groups is 4. The lowest BCUT2D eigenvalue weighted by molar-refractivity contribution is -0.156. The second-order valence-corrected chi connectivity index (χ2v) is 4.90. The van der Waals surface area contributed by atoms with Crippen LogP contribution in [0, 0.1) is 5.92 Å². The molecule has 0 fully saturated rings. The lowest BCUT2D eigenvalue weighted by Crippen LogP contribution is -2.27. The highest BCUT2D eigenvalue weighted by atomic mass is 16.7. The first kappa shape index (κ1) is 22.1. The number of carboxylic acid groups (broad SMARTS) is 2. The highest BCUT2D eigenvalue weighted by molar-refractivity contribution is 5.87. The van der Waals surface area contributed by atoms with Gasteiger partial charge in [-0.05, 0) is 30.5 Å². The van der Waals surface area contributed by atoms with Crippen molar-refractivity contribution in [1.82, 2.24) is 5.48 Å². The predicted molar refractivity (Wildman–Crippen MR) is 88.7 cm³/mol. The quantitative estimate of drug-likeness (QED) is 0.639. The third kappa shape index (κ3) is 9.09. The lowest BCUT2D eigenvalue weighted by atomic mass is 9.94. The van der Waals surface area contributed by atoms with E-state index in [1.54, 1.807) is 6.07 Å². The van der Waals surface area contributed by atoms with Crippen LogP contribution in [0.1, 0.15) is 49.5 Å². The van der Waals surface area contributed by atoms with Crippen LogP contribution in [0.15, 0.2) is 24.3 Å². The summed E-state index contributed by atoms with van der Waals surface area (Å²) >= 11 is 0. The molecular weight excluding hydrogens is 330 g/mol. The van der Waals surface area contributed by atoms with E-state index in [9.17, 15) is 24.3 Å². The molecule has 0 aliphatic carbocycles. The van der Waals surface area contributed by atoms with E-state index in [0.717, 1.165) is 6.92 Å². The Balaban J connectivity index is 0.00000277. The van der Waals surface area contributed by atoms with E-state index in [1.165, 1.54) is 18.2 Å². The van der Waals surface area contributed by atoms with Crippen LogP contribution >= 0.6 is 0 Å². The summed E-state index contributed by atoms with van der Waals surface area (Å²) in [5, 5.41) is 18.1. The second kappa shape index (κ2) is 11.6. The molecule has 1 atom stereocenters. The number of benzene rings is 1. The number of hydroxylamine groups is 1. The molecule has 0 aliphatic heterocycles. The molecule has 0 saturated carbocycles. The normalized spacial score (nSPS) is 10.7. The topological polar surface area (TPSA) is 130 Å². The average molecular weight is 353 g/mol. The van der Waals surface area contributed by atoms with Gasteiger partial charge in [0.2, 0.25) is 0 Å². The van der Waals surface area contributed by atoms with Crippen molar-refractivity contribution in [2.45, 2.75) is 40.0 Å². The van der Waals surface area contributed by atoms with Crippen molar-refractivity contribution < 1.29 is 34.2 Å². The molecule has 0 aliphatic rings. The maximum atomic E-state index is 11.4. The number of rotatable bonds is 7. The van der Waals surface area contributed by atoms with Crippen LogP contribution in [-0.2, 0) is 25.6 Å². The molecule has 138 valence electrons. The monoisotopic (exact) mass is 353 g/mol. The van der Waals surface area contributed by atoms with Gasteiger partial charge in [-0.2, -0.15) is 5.48 Å². The zero-order chi connectivity index (χ0) is 19.4. The number of carbonyl (C=O) groups excluding carboxylic acids is 2. The average Bonchev–Trinajstić information content (AvgIpc) is 2.58. The number of aliphatic carboxylic acids is 1. The molecule has 1 amide bonds. The first-order chi connectivity index (χ1) is 11.8. The first-order valence-electron chi connectivity index (χ1n) is 7.81. The fourth-order valence-electron chi connectivity index (χ4n) is 1.91. The molecule has 1 rings (SSSR count). The standard InChI is InChI=1S/C15H17NO7.C2H6/c1-9(17)23-16-13(18)6-5-12(15(21)22)8-10-3-2-4-11(7-10)14(19)20;1-2/h2-4,7,12H,5-6,8H2,1H3,(H,16,18)(H,19,20)(H,21,22);1-2H3. The SMILES string of the molecule is CC.CC(=O)ONC(=O)CCC(Cc1cccc(C(=O)O)c1)C(=O)O. The molecule has 8 heteroatoms. The van der Waals surface area contributed by atoms with Crippen molar-refractivity contribution in [3.8, 4) is 0 Å². The number of nitrogens with one attached hydrogen (secondary N) is 1. The minimum Gasteiger partial charge on any atom is -0.481 e. The second-order valence-electron chi connectivity index (χ2n) is 4.90. The molecule has 3 N–H and O–H groups in total. The fraction of sp³-hybridized carbons (Fsp3) is 0.412. The van der Waals surface area contributed by atoms with Gasteiger partial charge in [-0.3, -0.25) is 14.4 Å². The molecule has 1 aromatic carbocycles. The molecule has 0 bridgehead atoms. The Hall–Kier alpha value is -2.90. The van der Waals surface area contributed by atoms with E-state index in [0.29, 0.717) is 5.56 Å². The maximum absolute atomic E-state index is 11.4. The minimum atomic E-state index is -1.10. The lowest BCUT2D eigenvalue weighted by Gasteiger charge is -2.12. The number of amides is 1. The van der Waals surface area contributed by atoms with Crippen LogP contribution in [0.25, 0.3) is 0 Å². The van der Waals surface area contributed by atoms with Gasteiger partial charge in [-0.25, -0.2) is 4.79 Å². The molecule has 0 saturated heterocycles. The summed E-state index contributed by atoms with van der Waals surface area (Å²) in [6.45, 7) is 5.12. The fourth-order valence-corrected chi connectivity index (χ4v) is 1.91. The Morgan fingerprint density at radius 3 is 2.32 bits per heavy atom. The van der Waals surface area contributed by atoms with Crippen LogP contribution in [0.2, 0.25) is 0 Å². The maximum Gasteiger partial charge on any atom is 0.335 e. The van der Waals surface area contributed by atoms with Crippen LogP contribution in [0.3, 0.4) is 0 Å². The molecule has 25 heavy (non-hydrogen) atoms. The first-order valence-corrected chi connectivity index (χ1v) is 7.81. The Kier molecular flexibility index (Phi) is 10.3. The minimum absolute atomic E-state index is 0.0275. The van der Waals surface area contributed by atoms with E-state index < -0.39 is 29.7 Å². The van der Waals surface area contributed by atoms with Gasteiger partial charge >= 0.3 is 17.9 Å². The third-order valence-corrected chi connectivity index (χ3v) is 3.03. The third-order valence-electron chi connectivity index (χ3n) is 3.03. The van der Waals surface area contributed by atoms with Crippen LogP contribution in [0.5, 0.6) is 0 Å². The zero-order valence-corrected chi connectivity index (χ0v) is 14.4. The van der Waals surface area contributed by atoms with Crippen LogP contribution in [0.4, 0.5) is 0 Å². The highest BCUT2D eigenvalue weighted by Gasteiger charge is 2.20. The van der Waals surface area contributed by atoms with Crippen molar-refractivity contribution in [3.63, 3.8) is 0 Å². The Bertz CT molecular complexity index is 613. The van der Waals surface area contributed by atoms with Crippen molar-refractivity contribution in [2.24, 2.45) is 5.92 Å². The number of aromatic carboxylic acids is 1.